The van der Waals surface area contributed by atoms with Crippen LogP contribution < -0.4 is 38.5 Å². The van der Waals surface area contributed by atoms with Gasteiger partial charge in [-0.3, -0.25) is 46.4 Å². The standard InChI is InChI=1S/C25H20Cl2N4O3S.C25H20ClFN4O3S.C25H23N5O3S.C24H19Cl2N5O3S/c2*1-30-12-13-31(35(30,33)34)18-8-9-19(22(27)15-18)25(32)28-17-7-10-21(26)20(14-17)24-11-6-16-4-2-3-5-23(16)29-24;1-17-7-10-20(15-22(17)24-26-16-19-5-3-4-6-23(19)28-24)27-25(31)18-8-11-21(12-9-18)30-14-13-29(2)34(30,32)33;1-30-11-12-31(35(30,33)34)16-5-6-17(21(26)14-16)24(32)29-15-4-7-20(25)19(13-15)23-18-3-2-9-27-22(18)8-10-28-23/h2*2-11,14-15H,12-13H2,1H3,(H,28,32);3-12,15-16H,13-14H2,1-2H3,(H,27,31);2-10,13-14H,11-12H2,1H3,(H,29,32). The van der Waals surface area contributed by atoms with Crippen molar-refractivity contribution in [2.45, 2.75) is 6.92 Å². The summed E-state index contributed by atoms with van der Waals surface area (Å²) in [5.41, 5.74) is 13.3. The van der Waals surface area contributed by atoms with Gasteiger partial charge in [0.1, 0.15) is 5.82 Å². The quantitative estimate of drug-likeness (QED) is 0.0698. The van der Waals surface area contributed by atoms with Gasteiger partial charge in [0.2, 0.25) is 0 Å². The Kier molecular flexibility index (Phi) is 28.1. The molecule has 139 heavy (non-hydrogen) atoms. The van der Waals surface area contributed by atoms with Crippen LogP contribution in [0.5, 0.6) is 0 Å². The third kappa shape index (κ3) is 20.6. The Hall–Kier alpha value is -13.8. The van der Waals surface area contributed by atoms with Gasteiger partial charge in [-0.1, -0.05) is 131 Å². The molecule has 0 bridgehead atoms. The van der Waals surface area contributed by atoms with Crippen molar-refractivity contribution >= 4 is 212 Å². The summed E-state index contributed by atoms with van der Waals surface area (Å²) >= 11 is 32.1. The Morgan fingerprint density at radius 2 is 0.712 bits per heavy atom. The van der Waals surface area contributed by atoms with Gasteiger partial charge in [-0.2, -0.15) is 50.9 Å². The highest BCUT2D eigenvalue weighted by Crippen LogP contribution is 2.40. The number of para-hydroxylation sites is 3. The van der Waals surface area contributed by atoms with Crippen molar-refractivity contribution in [3.05, 3.63) is 344 Å². The number of fused-ring (bicyclic) bond motifs is 4. The molecule has 4 aliphatic heterocycles. The summed E-state index contributed by atoms with van der Waals surface area (Å²) in [6, 6.07) is 76.7. The van der Waals surface area contributed by atoms with E-state index in [-0.39, 0.29) is 44.9 Å². The molecule has 20 rings (SSSR count). The molecular formula is C99H82Cl5FN18O12S4. The van der Waals surface area contributed by atoms with Gasteiger partial charge in [-0.25, -0.2) is 24.3 Å². The number of aromatic nitrogens is 6. The Morgan fingerprint density at radius 1 is 0.324 bits per heavy atom. The van der Waals surface area contributed by atoms with Crippen molar-refractivity contribution in [3.63, 3.8) is 0 Å². The SMILES string of the molecule is CN1CCN(c2ccc(C(=O)Nc3ccc(Cl)c(-c4ccc5ccccc5n4)c3)c(Cl)c2)S1(=O)=O.CN1CCN(c2ccc(C(=O)Nc3ccc(Cl)c(-c4ccc5ccccc5n4)c3)c(F)c2)S1(=O)=O.CN1CCN(c2ccc(C(=O)Nc3ccc(Cl)c(-c4nccc5ncccc45)c3)c(Cl)c2)S1(=O)=O.Cc1ccc(NC(=O)c2ccc(N3CCN(C)S3(=O)=O)cc2)cc1-c1ncc2ccccc2n1. The molecule has 0 aliphatic carbocycles. The number of halogens is 6. The summed E-state index contributed by atoms with van der Waals surface area (Å²) in [4.78, 5) is 79.0. The van der Waals surface area contributed by atoms with E-state index < -0.39 is 64.4 Å². The molecule has 4 amide bonds. The van der Waals surface area contributed by atoms with Crippen LogP contribution in [0.4, 0.5) is 49.9 Å². The molecule has 40 heteroatoms. The number of hydrogen-bond acceptors (Lipinski definition) is 18. The fraction of sp³-hybridized carbons (Fsp3) is 0.131. The lowest BCUT2D eigenvalue weighted by atomic mass is 10.1. The van der Waals surface area contributed by atoms with Crippen LogP contribution in [0.3, 0.4) is 0 Å². The topological polar surface area (TPSA) is 356 Å². The van der Waals surface area contributed by atoms with Crippen LogP contribution in [0.15, 0.2) is 286 Å². The number of nitrogens with zero attached hydrogens (tertiary/aromatic N) is 14. The van der Waals surface area contributed by atoms with Gasteiger partial charge in [-0.05, 0) is 207 Å². The molecule has 706 valence electrons. The summed E-state index contributed by atoms with van der Waals surface area (Å²) in [5.74, 6) is -2.06. The fourth-order valence-corrected chi connectivity index (χ4v) is 22.3. The van der Waals surface area contributed by atoms with E-state index in [4.69, 9.17) is 58.0 Å². The number of pyridine rings is 4. The second kappa shape index (κ2) is 40.4. The zero-order valence-corrected chi connectivity index (χ0v) is 81.4. The third-order valence-corrected chi connectivity index (χ3v) is 32.8. The van der Waals surface area contributed by atoms with Crippen molar-refractivity contribution in [1.82, 2.24) is 47.1 Å². The van der Waals surface area contributed by atoms with E-state index in [0.29, 0.717) is 146 Å². The van der Waals surface area contributed by atoms with E-state index in [1.807, 2.05) is 140 Å². The molecule has 30 nitrogen and oxygen atoms in total. The normalized spacial score (nSPS) is 15.5. The predicted octanol–water partition coefficient (Wildman–Crippen LogP) is 19.1. The second-order valence-electron chi connectivity index (χ2n) is 32.3. The summed E-state index contributed by atoms with van der Waals surface area (Å²) in [7, 11) is -8.29. The minimum absolute atomic E-state index is 0.140. The first-order valence-corrected chi connectivity index (χ1v) is 50.4. The molecule has 0 unspecified atom stereocenters. The molecule has 4 N–H and O–H groups in total. The first-order chi connectivity index (χ1) is 66.5. The Labute approximate surface area is 824 Å². The minimum atomic E-state index is -3.69. The Bertz CT molecular complexity index is 7870. The van der Waals surface area contributed by atoms with Crippen LogP contribution in [-0.2, 0) is 40.8 Å². The zero-order valence-electron chi connectivity index (χ0n) is 74.4. The number of carbonyl (C=O) groups excluding carboxylic acids is 4. The van der Waals surface area contributed by atoms with Gasteiger partial charge in [0.25, 0.3) is 23.6 Å². The molecule has 4 aliphatic rings. The average Bonchev–Trinajstić information content (AvgIpc) is 1.64. The van der Waals surface area contributed by atoms with Crippen LogP contribution in [0, 0.1) is 12.7 Å². The molecule has 11 aromatic carbocycles. The first-order valence-electron chi connectivity index (χ1n) is 42.9. The van der Waals surface area contributed by atoms with E-state index in [0.717, 1.165) is 65.1 Å². The average molecular weight is 2040 g/mol. The van der Waals surface area contributed by atoms with Crippen molar-refractivity contribution < 1.29 is 57.2 Å². The number of rotatable bonds is 16. The summed E-state index contributed by atoms with van der Waals surface area (Å²) < 4.78 is 124. The maximum atomic E-state index is 14.8. The molecule has 4 saturated heterocycles. The molecule has 0 atom stereocenters. The van der Waals surface area contributed by atoms with E-state index in [1.54, 1.807) is 117 Å². The Morgan fingerprint density at radius 3 is 1.17 bits per heavy atom. The van der Waals surface area contributed by atoms with Gasteiger partial charge in [-0.15, -0.1) is 0 Å². The lowest BCUT2D eigenvalue weighted by molar-refractivity contribution is 0.101. The third-order valence-electron chi connectivity index (χ3n) is 23.5. The number of carbonyl (C=O) groups is 4. The first kappa shape index (κ1) is 96.9. The van der Waals surface area contributed by atoms with Crippen molar-refractivity contribution in [2.75, 3.05) is 119 Å². The van der Waals surface area contributed by atoms with Crippen LogP contribution in [0.1, 0.15) is 47.0 Å². The van der Waals surface area contributed by atoms with E-state index in [2.05, 4.69) is 51.2 Å². The molecule has 0 saturated carbocycles. The highest BCUT2D eigenvalue weighted by atomic mass is 35.5. The number of hydrogen-bond donors (Lipinski definition) is 4. The monoisotopic (exact) mass is 2040 g/mol. The van der Waals surface area contributed by atoms with Gasteiger partial charge < -0.3 is 21.3 Å². The number of benzene rings is 11. The predicted molar refractivity (Wildman–Crippen MR) is 547 cm³/mol. The maximum absolute atomic E-state index is 14.8. The largest absolute Gasteiger partial charge is 0.322 e. The van der Waals surface area contributed by atoms with Crippen LogP contribution in [0.2, 0.25) is 25.1 Å². The number of likely N-dealkylation sites (N-methyl/N-ethyl adjacent to an activating group) is 4. The van der Waals surface area contributed by atoms with Crippen molar-refractivity contribution in [2.24, 2.45) is 0 Å². The lowest BCUT2D eigenvalue weighted by Gasteiger charge is -2.19. The maximum Gasteiger partial charge on any atom is 0.303 e. The van der Waals surface area contributed by atoms with E-state index in [1.165, 1.54) is 87.7 Å². The lowest BCUT2D eigenvalue weighted by Crippen LogP contribution is -2.30. The van der Waals surface area contributed by atoms with Gasteiger partial charge in [0, 0.05) is 171 Å². The van der Waals surface area contributed by atoms with Crippen LogP contribution in [-0.4, -0.2) is 185 Å². The number of nitrogens with one attached hydrogen (secondary N) is 4. The molecule has 4 fully saturated rings. The Balaban J connectivity index is 0.000000128. The van der Waals surface area contributed by atoms with Crippen LogP contribution in [0.25, 0.3) is 88.8 Å². The number of amides is 4. The molecule has 0 spiro atoms. The second-order valence-corrected chi connectivity index (χ2v) is 42.2. The van der Waals surface area contributed by atoms with Crippen molar-refractivity contribution in [3.8, 4) is 45.2 Å². The highest BCUT2D eigenvalue weighted by Gasteiger charge is 2.39. The summed E-state index contributed by atoms with van der Waals surface area (Å²) in [6.07, 6.45) is 5.16. The van der Waals surface area contributed by atoms with E-state index >= 15 is 0 Å². The van der Waals surface area contributed by atoms with Gasteiger partial charge >= 0.3 is 40.8 Å². The fourth-order valence-electron chi connectivity index (χ4n) is 15.8. The molecular weight excluding hydrogens is 1960 g/mol. The number of aryl methyl sites for hydroxylation is 1. The summed E-state index contributed by atoms with van der Waals surface area (Å²) in [5, 5.41) is 16.8. The van der Waals surface area contributed by atoms with Crippen LogP contribution >= 0.6 is 58.0 Å². The molecule has 0 radical (unpaired) electrons. The summed E-state index contributed by atoms with van der Waals surface area (Å²) in [6.45, 7) is 4.69. The number of anilines is 8. The molecule has 5 aromatic heterocycles. The smallest absolute Gasteiger partial charge is 0.303 e. The van der Waals surface area contributed by atoms with Gasteiger partial charge in [0.05, 0.1) is 104 Å². The van der Waals surface area contributed by atoms with Gasteiger partial charge in [0.15, 0.2) is 5.82 Å². The molecule has 16 aromatic rings. The zero-order chi connectivity index (χ0) is 98.1. The molecule has 9 heterocycles. The highest BCUT2D eigenvalue weighted by molar-refractivity contribution is 7.91. The minimum Gasteiger partial charge on any atom is -0.322 e. The van der Waals surface area contributed by atoms with Crippen molar-refractivity contribution in [1.29, 1.82) is 0 Å². The van der Waals surface area contributed by atoms with E-state index in [9.17, 15) is 57.2 Å².